The summed E-state index contributed by atoms with van der Waals surface area (Å²) in [5.74, 6) is -1.89. The molecule has 0 spiro atoms. The molecule has 0 amide bonds. The van der Waals surface area contributed by atoms with E-state index < -0.39 is 26.6 Å². The van der Waals surface area contributed by atoms with Gasteiger partial charge in [-0.2, -0.15) is 4.31 Å². The molecule has 1 heterocycles. The third-order valence-electron chi connectivity index (χ3n) is 3.05. The zero-order valence-electron chi connectivity index (χ0n) is 11.0. The van der Waals surface area contributed by atoms with Gasteiger partial charge in [-0.3, -0.25) is 0 Å². The first kappa shape index (κ1) is 15.3. The number of benzene rings is 1. The molecular formula is C12H16F2N2O3S. The second-order valence-electron chi connectivity index (χ2n) is 4.49. The van der Waals surface area contributed by atoms with Crippen LogP contribution in [-0.4, -0.2) is 52.1 Å². The highest BCUT2D eigenvalue weighted by Crippen LogP contribution is 2.22. The summed E-state index contributed by atoms with van der Waals surface area (Å²) in [6.45, 7) is 1.03. The summed E-state index contributed by atoms with van der Waals surface area (Å²) in [6, 6.07) is 2.45. The molecule has 1 aromatic rings. The Bertz CT molecular complexity index is 578. The number of nitrogens with zero attached hydrogens (tertiary/aromatic N) is 1. The largest absolute Gasteiger partial charge is 0.374 e. The average molecular weight is 306 g/mol. The van der Waals surface area contributed by atoms with Crippen molar-refractivity contribution < 1.29 is 21.9 Å². The van der Waals surface area contributed by atoms with Gasteiger partial charge in [0.05, 0.1) is 12.7 Å². The maximum absolute atomic E-state index is 13.7. The standard InChI is InChI=1S/C12H16F2N2O3S/c1-15-7-10-8-16(4-5-19-10)20(17,18)12-3-2-9(13)6-11(12)14/h2-3,6,10,15H,4-5,7-8H2,1H3. The van der Waals surface area contributed by atoms with Gasteiger partial charge >= 0.3 is 0 Å². The Balaban J connectivity index is 2.25. The van der Waals surface area contributed by atoms with Gasteiger partial charge in [-0.05, 0) is 19.2 Å². The Morgan fingerprint density at radius 2 is 2.20 bits per heavy atom. The lowest BCUT2D eigenvalue weighted by Gasteiger charge is -2.32. The number of morpholine rings is 1. The second kappa shape index (κ2) is 6.13. The summed E-state index contributed by atoms with van der Waals surface area (Å²) in [4.78, 5) is -0.510. The van der Waals surface area contributed by atoms with Crippen molar-refractivity contribution >= 4 is 10.0 Å². The molecule has 2 rings (SSSR count). The van der Waals surface area contributed by atoms with Crippen LogP contribution in [0.4, 0.5) is 8.78 Å². The molecule has 8 heteroatoms. The summed E-state index contributed by atoms with van der Waals surface area (Å²) in [6.07, 6.45) is -0.285. The normalized spacial score (nSPS) is 21.1. The summed E-state index contributed by atoms with van der Waals surface area (Å²) < 4.78 is 57.8. The van der Waals surface area contributed by atoms with Gasteiger partial charge in [-0.15, -0.1) is 0 Å². The van der Waals surface area contributed by atoms with E-state index in [0.29, 0.717) is 12.6 Å². The number of hydrogen-bond donors (Lipinski definition) is 1. The summed E-state index contributed by atoms with van der Waals surface area (Å²) in [7, 11) is -2.24. The molecule has 0 radical (unpaired) electrons. The van der Waals surface area contributed by atoms with E-state index in [2.05, 4.69) is 5.32 Å². The van der Waals surface area contributed by atoms with Crippen molar-refractivity contribution in [3.05, 3.63) is 29.8 Å². The Morgan fingerprint density at radius 3 is 2.85 bits per heavy atom. The lowest BCUT2D eigenvalue weighted by molar-refractivity contribution is 0.000765. The molecule has 1 N–H and O–H groups in total. The van der Waals surface area contributed by atoms with Crippen LogP contribution in [0.5, 0.6) is 0 Å². The minimum atomic E-state index is -3.98. The van der Waals surface area contributed by atoms with Crippen molar-refractivity contribution in [3.8, 4) is 0 Å². The van der Waals surface area contributed by atoms with E-state index in [-0.39, 0.29) is 25.8 Å². The molecular weight excluding hydrogens is 290 g/mol. The van der Waals surface area contributed by atoms with E-state index in [4.69, 9.17) is 4.74 Å². The lowest BCUT2D eigenvalue weighted by Crippen LogP contribution is -2.48. The van der Waals surface area contributed by atoms with Crippen molar-refractivity contribution in [3.63, 3.8) is 0 Å². The van der Waals surface area contributed by atoms with Crippen LogP contribution in [0.25, 0.3) is 0 Å². The van der Waals surface area contributed by atoms with Crippen LogP contribution in [0, 0.1) is 11.6 Å². The monoisotopic (exact) mass is 306 g/mol. The van der Waals surface area contributed by atoms with Crippen molar-refractivity contribution in [1.82, 2.24) is 9.62 Å². The second-order valence-corrected chi connectivity index (χ2v) is 6.39. The molecule has 0 aromatic heterocycles. The van der Waals surface area contributed by atoms with E-state index in [9.17, 15) is 17.2 Å². The van der Waals surface area contributed by atoms with Crippen LogP contribution < -0.4 is 5.32 Å². The minimum Gasteiger partial charge on any atom is -0.374 e. The maximum Gasteiger partial charge on any atom is 0.246 e. The van der Waals surface area contributed by atoms with Gasteiger partial charge in [0, 0.05) is 25.7 Å². The van der Waals surface area contributed by atoms with Crippen LogP contribution in [-0.2, 0) is 14.8 Å². The number of hydrogen-bond acceptors (Lipinski definition) is 4. The molecule has 1 fully saturated rings. The summed E-state index contributed by atoms with van der Waals surface area (Å²) in [5.41, 5.74) is 0. The molecule has 1 atom stereocenters. The molecule has 0 bridgehead atoms. The average Bonchev–Trinajstić information content (AvgIpc) is 2.39. The molecule has 1 aromatic carbocycles. The highest BCUT2D eigenvalue weighted by molar-refractivity contribution is 7.89. The first-order valence-electron chi connectivity index (χ1n) is 6.16. The Labute approximate surface area is 116 Å². The van der Waals surface area contributed by atoms with Gasteiger partial charge in [-0.25, -0.2) is 17.2 Å². The number of likely N-dealkylation sites (N-methyl/N-ethyl adjacent to an activating group) is 1. The molecule has 1 unspecified atom stereocenters. The van der Waals surface area contributed by atoms with Gasteiger partial charge < -0.3 is 10.1 Å². The lowest BCUT2D eigenvalue weighted by atomic mass is 10.3. The van der Waals surface area contributed by atoms with Gasteiger partial charge in [-0.1, -0.05) is 0 Å². The van der Waals surface area contributed by atoms with Gasteiger partial charge in [0.2, 0.25) is 10.0 Å². The zero-order valence-corrected chi connectivity index (χ0v) is 11.8. The van der Waals surface area contributed by atoms with E-state index in [1.165, 1.54) is 0 Å². The van der Waals surface area contributed by atoms with Crippen LogP contribution in [0.15, 0.2) is 23.1 Å². The fourth-order valence-electron chi connectivity index (χ4n) is 2.09. The topological polar surface area (TPSA) is 58.6 Å². The Morgan fingerprint density at radius 1 is 1.45 bits per heavy atom. The third-order valence-corrected chi connectivity index (χ3v) is 4.94. The first-order valence-corrected chi connectivity index (χ1v) is 7.60. The van der Waals surface area contributed by atoms with Crippen LogP contribution in [0.3, 0.4) is 0 Å². The van der Waals surface area contributed by atoms with Gasteiger partial charge in [0.15, 0.2) is 0 Å². The van der Waals surface area contributed by atoms with Crippen molar-refractivity contribution in [1.29, 1.82) is 0 Å². The highest BCUT2D eigenvalue weighted by atomic mass is 32.2. The van der Waals surface area contributed by atoms with Crippen LogP contribution in [0.1, 0.15) is 0 Å². The van der Waals surface area contributed by atoms with Gasteiger partial charge in [0.25, 0.3) is 0 Å². The van der Waals surface area contributed by atoms with E-state index in [1.807, 2.05) is 0 Å². The number of nitrogens with one attached hydrogen (secondary N) is 1. The predicted molar refractivity (Wildman–Crippen MR) is 68.8 cm³/mol. The van der Waals surface area contributed by atoms with Gasteiger partial charge in [0.1, 0.15) is 16.5 Å². The Kier molecular flexibility index (Phi) is 4.69. The quantitative estimate of drug-likeness (QED) is 0.884. The molecule has 1 saturated heterocycles. The first-order chi connectivity index (χ1) is 9.45. The predicted octanol–water partition coefficient (Wildman–Crippen LogP) is 0.574. The molecule has 1 aliphatic heterocycles. The number of ether oxygens (including phenoxy) is 1. The summed E-state index contributed by atoms with van der Waals surface area (Å²) >= 11 is 0. The summed E-state index contributed by atoms with van der Waals surface area (Å²) in [5, 5.41) is 2.90. The number of sulfonamides is 1. The fourth-order valence-corrected chi connectivity index (χ4v) is 3.59. The highest BCUT2D eigenvalue weighted by Gasteiger charge is 2.32. The smallest absolute Gasteiger partial charge is 0.246 e. The maximum atomic E-state index is 13.7. The van der Waals surface area contributed by atoms with Crippen LogP contribution >= 0.6 is 0 Å². The zero-order chi connectivity index (χ0) is 14.8. The van der Waals surface area contributed by atoms with Crippen molar-refractivity contribution in [2.75, 3.05) is 33.3 Å². The minimum absolute atomic E-state index is 0.139. The number of rotatable bonds is 4. The molecule has 1 aliphatic rings. The molecule has 5 nitrogen and oxygen atoms in total. The molecule has 20 heavy (non-hydrogen) atoms. The molecule has 0 saturated carbocycles. The van der Waals surface area contributed by atoms with Crippen molar-refractivity contribution in [2.24, 2.45) is 0 Å². The molecule has 0 aliphatic carbocycles. The van der Waals surface area contributed by atoms with E-state index in [0.717, 1.165) is 16.4 Å². The van der Waals surface area contributed by atoms with Crippen molar-refractivity contribution in [2.45, 2.75) is 11.0 Å². The van der Waals surface area contributed by atoms with E-state index in [1.54, 1.807) is 7.05 Å². The van der Waals surface area contributed by atoms with E-state index >= 15 is 0 Å². The number of halogens is 2. The SMILES string of the molecule is CNCC1CN(S(=O)(=O)c2ccc(F)cc2F)CCO1. The van der Waals surface area contributed by atoms with Crippen LogP contribution in [0.2, 0.25) is 0 Å². The molecule has 112 valence electrons. The third kappa shape index (κ3) is 3.14. The fraction of sp³-hybridized carbons (Fsp3) is 0.500. The Hall–Kier alpha value is -1.09.